The Morgan fingerprint density at radius 2 is 1.38 bits per heavy atom. The second-order valence-corrected chi connectivity index (χ2v) is 10.2. The lowest BCUT2D eigenvalue weighted by atomic mass is 10.1. The largest absolute Gasteiger partial charge is 0.352 e. The van der Waals surface area contributed by atoms with E-state index in [2.05, 4.69) is 44.8 Å². The number of benzene rings is 2. The molecule has 2 aromatic carbocycles. The Morgan fingerprint density at radius 1 is 0.906 bits per heavy atom. The van der Waals surface area contributed by atoms with Gasteiger partial charge in [-0.05, 0) is 54.8 Å². The van der Waals surface area contributed by atoms with Crippen LogP contribution in [-0.2, 0) is 29.7 Å². The van der Waals surface area contributed by atoms with Crippen LogP contribution in [0, 0.1) is 0 Å². The van der Waals surface area contributed by atoms with Gasteiger partial charge >= 0.3 is 0 Å². The molecule has 0 aliphatic carbocycles. The van der Waals surface area contributed by atoms with Gasteiger partial charge in [-0.15, -0.1) is 24.0 Å². The number of nitrogens with one attached hydrogen (secondary N) is 2. The molecule has 0 spiro atoms. The van der Waals surface area contributed by atoms with Crippen molar-refractivity contribution in [3.63, 3.8) is 0 Å². The zero-order valence-corrected chi connectivity index (χ0v) is 22.2. The molecule has 0 aromatic heterocycles. The van der Waals surface area contributed by atoms with Crippen LogP contribution in [0.3, 0.4) is 0 Å². The smallest absolute Gasteiger partial charge is 0.242 e. The average Bonchev–Trinajstić information content (AvgIpc) is 3.28. The van der Waals surface area contributed by atoms with Gasteiger partial charge in [0.2, 0.25) is 10.0 Å². The second kappa shape index (κ2) is 12.5. The molecule has 32 heavy (non-hydrogen) atoms. The Morgan fingerprint density at radius 3 is 1.84 bits per heavy atom. The first-order valence-electron chi connectivity index (χ1n) is 10.6. The summed E-state index contributed by atoms with van der Waals surface area (Å²) in [5.74, 6) is 0.700. The molecule has 0 amide bonds. The van der Waals surface area contributed by atoms with E-state index in [1.165, 1.54) is 55.5 Å². The highest BCUT2D eigenvalue weighted by Crippen LogP contribution is 2.14. The molecule has 0 radical (unpaired) electrons. The molecule has 2 N–H and O–H groups in total. The van der Waals surface area contributed by atoms with Crippen LogP contribution in [0.4, 0.5) is 0 Å². The molecular formula is C23H34IN5O2S. The lowest BCUT2D eigenvalue weighted by Gasteiger charge is -2.15. The number of likely N-dealkylation sites (tertiary alicyclic amines) is 1. The molecule has 0 saturated carbocycles. The highest BCUT2D eigenvalue weighted by Gasteiger charge is 2.16. The molecule has 2 aromatic rings. The predicted molar refractivity (Wildman–Crippen MR) is 141 cm³/mol. The molecule has 0 bridgehead atoms. The fourth-order valence-electron chi connectivity index (χ4n) is 3.54. The number of aliphatic imine (C=N–C) groups is 1. The Kier molecular flexibility index (Phi) is 10.4. The molecule has 3 rings (SSSR count). The monoisotopic (exact) mass is 571 g/mol. The summed E-state index contributed by atoms with van der Waals surface area (Å²) in [5.41, 5.74) is 3.53. The van der Waals surface area contributed by atoms with Crippen molar-refractivity contribution in [3.05, 3.63) is 65.2 Å². The molecule has 1 fully saturated rings. The third kappa shape index (κ3) is 7.43. The third-order valence-electron chi connectivity index (χ3n) is 5.47. The lowest BCUT2D eigenvalue weighted by Crippen LogP contribution is -2.36. The molecule has 7 nitrogen and oxygen atoms in total. The van der Waals surface area contributed by atoms with Crippen LogP contribution in [0.15, 0.2) is 58.4 Å². The third-order valence-corrected chi connectivity index (χ3v) is 7.30. The van der Waals surface area contributed by atoms with E-state index in [1.54, 1.807) is 19.2 Å². The highest BCUT2D eigenvalue weighted by atomic mass is 127. The van der Waals surface area contributed by atoms with Crippen molar-refractivity contribution >= 4 is 40.0 Å². The van der Waals surface area contributed by atoms with Crippen molar-refractivity contribution in [3.8, 4) is 0 Å². The molecule has 1 aliphatic rings. The summed E-state index contributed by atoms with van der Waals surface area (Å²) in [5, 5.41) is 6.59. The molecule has 1 aliphatic heterocycles. The summed E-state index contributed by atoms with van der Waals surface area (Å²) in [6.07, 6.45) is 2.63. The van der Waals surface area contributed by atoms with Gasteiger partial charge in [0.15, 0.2) is 5.96 Å². The summed E-state index contributed by atoms with van der Waals surface area (Å²) in [7, 11) is 1.39. The van der Waals surface area contributed by atoms with Gasteiger partial charge in [0.05, 0.1) is 4.90 Å². The van der Waals surface area contributed by atoms with Crippen LogP contribution in [0.5, 0.6) is 0 Å². The number of sulfonamides is 1. The van der Waals surface area contributed by atoms with Crippen molar-refractivity contribution in [1.29, 1.82) is 0 Å². The Labute approximate surface area is 209 Å². The SMILES string of the molecule is CN=C(NCc1ccc(CN2CCCC2)cc1)NCc1ccc(S(=O)(=O)N(C)C)cc1.I. The standard InChI is InChI=1S/C23H33N5O2S.HI/c1-24-23(26-17-20-10-12-22(13-11-20)31(29,30)27(2)3)25-16-19-6-8-21(9-7-19)18-28-14-4-5-15-28;/h6-13H,4-5,14-18H2,1-3H3,(H2,24,25,26);1H. The molecule has 0 unspecified atom stereocenters. The van der Waals surface area contributed by atoms with Gasteiger partial charge in [0, 0.05) is 40.8 Å². The predicted octanol–water partition coefficient (Wildman–Crippen LogP) is 3.02. The van der Waals surface area contributed by atoms with Crippen LogP contribution in [0.25, 0.3) is 0 Å². The van der Waals surface area contributed by atoms with Crippen molar-refractivity contribution in [2.45, 2.75) is 37.4 Å². The summed E-state index contributed by atoms with van der Waals surface area (Å²) in [6.45, 7) is 4.69. The van der Waals surface area contributed by atoms with E-state index >= 15 is 0 Å². The first kappa shape index (κ1) is 26.6. The normalized spacial score (nSPS) is 14.9. The summed E-state index contributed by atoms with van der Waals surface area (Å²) >= 11 is 0. The average molecular weight is 572 g/mol. The minimum Gasteiger partial charge on any atom is -0.352 e. The zero-order valence-electron chi connectivity index (χ0n) is 19.0. The van der Waals surface area contributed by atoms with E-state index in [-0.39, 0.29) is 28.9 Å². The number of guanidine groups is 1. The van der Waals surface area contributed by atoms with Crippen LogP contribution in [-0.4, -0.2) is 57.8 Å². The molecule has 0 atom stereocenters. The number of halogens is 1. The van der Waals surface area contributed by atoms with Crippen LogP contribution >= 0.6 is 24.0 Å². The summed E-state index contributed by atoms with van der Waals surface area (Å²) < 4.78 is 25.5. The number of hydrogen-bond donors (Lipinski definition) is 2. The van der Waals surface area contributed by atoms with Gasteiger partial charge in [-0.25, -0.2) is 12.7 Å². The quantitative estimate of drug-likeness (QED) is 0.290. The maximum absolute atomic E-state index is 12.2. The Balaban J connectivity index is 0.00000363. The van der Waals surface area contributed by atoms with Gasteiger partial charge in [-0.3, -0.25) is 9.89 Å². The number of nitrogens with zero attached hydrogens (tertiary/aromatic N) is 3. The van der Waals surface area contributed by atoms with E-state index in [0.717, 1.165) is 12.1 Å². The van der Waals surface area contributed by atoms with E-state index in [4.69, 9.17) is 0 Å². The van der Waals surface area contributed by atoms with Gasteiger partial charge in [0.25, 0.3) is 0 Å². The maximum Gasteiger partial charge on any atom is 0.242 e. The molecule has 9 heteroatoms. The fourth-order valence-corrected chi connectivity index (χ4v) is 4.45. The van der Waals surface area contributed by atoms with Crippen LogP contribution in [0.1, 0.15) is 29.5 Å². The van der Waals surface area contributed by atoms with Gasteiger partial charge in [0.1, 0.15) is 0 Å². The summed E-state index contributed by atoms with van der Waals surface area (Å²) in [4.78, 5) is 7.06. The van der Waals surface area contributed by atoms with E-state index in [9.17, 15) is 8.42 Å². The second-order valence-electron chi connectivity index (χ2n) is 8.01. The zero-order chi connectivity index (χ0) is 22.3. The minimum atomic E-state index is -3.40. The first-order chi connectivity index (χ1) is 14.9. The van der Waals surface area contributed by atoms with Crippen LogP contribution < -0.4 is 10.6 Å². The van der Waals surface area contributed by atoms with Gasteiger partial charge in [-0.2, -0.15) is 0 Å². The Bertz CT molecular complexity index is 970. The van der Waals surface area contributed by atoms with Gasteiger partial charge < -0.3 is 10.6 Å². The topological polar surface area (TPSA) is 77.0 Å². The number of rotatable bonds is 8. The molecule has 1 saturated heterocycles. The minimum absolute atomic E-state index is 0. The lowest BCUT2D eigenvalue weighted by molar-refractivity contribution is 0.331. The van der Waals surface area contributed by atoms with Gasteiger partial charge in [-0.1, -0.05) is 36.4 Å². The highest BCUT2D eigenvalue weighted by molar-refractivity contribution is 14.0. The van der Waals surface area contributed by atoms with E-state index < -0.39 is 10.0 Å². The maximum atomic E-state index is 12.2. The fraction of sp³-hybridized carbons (Fsp3) is 0.435. The molecule has 176 valence electrons. The van der Waals surface area contributed by atoms with E-state index in [0.29, 0.717) is 19.0 Å². The summed E-state index contributed by atoms with van der Waals surface area (Å²) in [6, 6.07) is 15.6. The van der Waals surface area contributed by atoms with Crippen molar-refractivity contribution in [2.24, 2.45) is 4.99 Å². The Hall–Kier alpha value is -1.69. The van der Waals surface area contributed by atoms with Crippen molar-refractivity contribution in [1.82, 2.24) is 19.8 Å². The van der Waals surface area contributed by atoms with E-state index in [1.807, 2.05) is 12.1 Å². The van der Waals surface area contributed by atoms with Crippen molar-refractivity contribution in [2.75, 3.05) is 34.2 Å². The number of hydrogen-bond acceptors (Lipinski definition) is 4. The molecule has 1 heterocycles. The first-order valence-corrected chi connectivity index (χ1v) is 12.1. The molecular weight excluding hydrogens is 537 g/mol. The van der Waals surface area contributed by atoms with Crippen molar-refractivity contribution < 1.29 is 8.42 Å². The van der Waals surface area contributed by atoms with Crippen LogP contribution in [0.2, 0.25) is 0 Å².